The van der Waals surface area contributed by atoms with Gasteiger partial charge >= 0.3 is 7.82 Å². The van der Waals surface area contributed by atoms with Crippen molar-refractivity contribution in [2.45, 2.75) is 64.6 Å². The van der Waals surface area contributed by atoms with Gasteiger partial charge in [-0.2, -0.15) is 0 Å². The van der Waals surface area contributed by atoms with Gasteiger partial charge in [0.1, 0.15) is 0 Å². The highest BCUT2D eigenvalue weighted by Gasteiger charge is 2.32. The van der Waals surface area contributed by atoms with E-state index >= 15 is 0 Å². The van der Waals surface area contributed by atoms with Gasteiger partial charge in [-0.25, -0.2) is 8.88 Å². The average molecular weight is 414 g/mol. The minimum absolute atomic E-state index is 0.433. The molecule has 5 nitrogen and oxygen atoms in total. The molecular weight excluding hydrogens is 382 g/mol. The molecule has 3 atom stereocenters. The number of allylic oxidation sites excluding steroid dienone is 10. The monoisotopic (exact) mass is 414 g/mol. The predicted molar refractivity (Wildman–Crippen MR) is 113 cm³/mol. The Bertz CT molecular complexity index is 567. The molecule has 7 heteroatoms. The number of phosphoric acid groups is 1. The summed E-state index contributed by atoms with van der Waals surface area (Å²) in [6.07, 6.45) is 28.3. The lowest BCUT2D eigenvalue weighted by atomic mass is 10.2. The van der Waals surface area contributed by atoms with Gasteiger partial charge in [-0.3, -0.25) is 4.52 Å². The predicted octanol–water partition coefficient (Wildman–Crippen LogP) is 6.91. The van der Waals surface area contributed by atoms with E-state index in [9.17, 15) is 9.46 Å². The fraction of sp³-hybridized carbons (Fsp3) is 0.500. The highest BCUT2D eigenvalue weighted by Crippen LogP contribution is 2.55. The Balaban J connectivity index is 1.96. The smallest absolute Gasteiger partial charge is 0.305 e. The van der Waals surface area contributed by atoms with Gasteiger partial charge in [-0.15, -0.1) is 0 Å². The maximum atomic E-state index is 11.2. The molecule has 0 radical (unpaired) electrons. The van der Waals surface area contributed by atoms with Crippen LogP contribution in [0.15, 0.2) is 60.8 Å². The van der Waals surface area contributed by atoms with Gasteiger partial charge in [0.25, 0.3) is 0 Å². The molecule has 1 N–H and O–H groups in total. The van der Waals surface area contributed by atoms with Gasteiger partial charge in [0, 0.05) is 0 Å². The maximum absolute atomic E-state index is 11.2. The standard InChI is InChI=1S/C20H32O5P2/c1-2-3-4-5-6-7-8-9-10-11-12-13-14-15-16-17-18-19-20-23-26-25-27(21,22)24-20/h3-4,6-7,9-10,12-13,15-16,20,26H,2,5,8,11,14,17-19H2,1H3,(H,21,22)/b4-3-,7-6-,10-9-,13-12-,16-15-. The summed E-state index contributed by atoms with van der Waals surface area (Å²) in [5.41, 5.74) is 0. The quantitative estimate of drug-likeness (QED) is 0.202. The SMILES string of the molecule is CC/C=C\C/C=C\C/C=C\C/C=C\C/C=C\CCCC1OPOP(=O)(O)O1. The molecule has 1 saturated heterocycles. The molecule has 1 heterocycles. The number of rotatable bonds is 13. The highest BCUT2D eigenvalue weighted by atomic mass is 31.2. The summed E-state index contributed by atoms with van der Waals surface area (Å²) in [6, 6.07) is 0. The van der Waals surface area contributed by atoms with Crippen LogP contribution < -0.4 is 0 Å². The van der Waals surface area contributed by atoms with E-state index in [0.717, 1.165) is 44.9 Å². The molecule has 0 aromatic rings. The van der Waals surface area contributed by atoms with E-state index < -0.39 is 23.1 Å². The average Bonchev–Trinajstić information content (AvgIpc) is 2.63. The lowest BCUT2D eigenvalue weighted by molar-refractivity contribution is -0.0345. The first-order chi connectivity index (χ1) is 13.1. The molecule has 1 aliphatic rings. The van der Waals surface area contributed by atoms with Crippen LogP contribution in [0.25, 0.3) is 0 Å². The molecule has 152 valence electrons. The Morgan fingerprint density at radius 2 is 1.41 bits per heavy atom. The van der Waals surface area contributed by atoms with Crippen molar-refractivity contribution in [1.29, 1.82) is 0 Å². The lowest BCUT2D eigenvalue weighted by Gasteiger charge is -2.24. The van der Waals surface area contributed by atoms with Gasteiger partial charge in [0.05, 0.1) is 0 Å². The number of unbranched alkanes of at least 4 members (excludes halogenated alkanes) is 1. The summed E-state index contributed by atoms with van der Waals surface area (Å²) >= 11 is 0. The summed E-state index contributed by atoms with van der Waals surface area (Å²) in [7, 11) is -4.32. The Morgan fingerprint density at radius 3 is 1.93 bits per heavy atom. The maximum Gasteiger partial charge on any atom is 0.479 e. The number of hydrogen-bond acceptors (Lipinski definition) is 4. The third-order valence-corrected chi connectivity index (χ3v) is 5.63. The molecule has 27 heavy (non-hydrogen) atoms. The van der Waals surface area contributed by atoms with Gasteiger partial charge in [0.2, 0.25) is 0 Å². The second-order valence-electron chi connectivity index (χ2n) is 5.93. The van der Waals surface area contributed by atoms with Crippen molar-refractivity contribution in [3.8, 4) is 0 Å². The van der Waals surface area contributed by atoms with Crippen LogP contribution in [0, 0.1) is 0 Å². The summed E-state index contributed by atoms with van der Waals surface area (Å²) in [6.45, 7) is 2.14. The van der Waals surface area contributed by atoms with E-state index in [-0.39, 0.29) is 0 Å². The molecule has 0 amide bonds. The van der Waals surface area contributed by atoms with Gasteiger partial charge in [-0.05, 0) is 51.4 Å². The molecule has 0 saturated carbocycles. The third-order valence-electron chi connectivity index (χ3n) is 3.55. The van der Waals surface area contributed by atoms with Gasteiger partial charge in [0.15, 0.2) is 15.3 Å². The first kappa shape index (κ1) is 24.2. The van der Waals surface area contributed by atoms with Crippen LogP contribution >= 0.6 is 16.9 Å². The zero-order valence-electron chi connectivity index (χ0n) is 16.0. The van der Waals surface area contributed by atoms with E-state index in [1.54, 1.807) is 0 Å². The van der Waals surface area contributed by atoms with Crippen LogP contribution in [0.3, 0.4) is 0 Å². The van der Waals surface area contributed by atoms with Crippen LogP contribution in [0.4, 0.5) is 0 Å². The molecular formula is C20H32O5P2. The van der Waals surface area contributed by atoms with Crippen molar-refractivity contribution in [2.24, 2.45) is 0 Å². The van der Waals surface area contributed by atoms with Crippen LogP contribution in [-0.4, -0.2) is 11.2 Å². The minimum Gasteiger partial charge on any atom is -0.305 e. The van der Waals surface area contributed by atoms with Gasteiger partial charge < -0.3 is 9.42 Å². The highest BCUT2D eigenvalue weighted by molar-refractivity contribution is 7.54. The van der Waals surface area contributed by atoms with Crippen LogP contribution in [0.5, 0.6) is 0 Å². The molecule has 1 rings (SSSR count). The number of hydrogen-bond donors (Lipinski definition) is 1. The fourth-order valence-corrected chi connectivity index (χ4v) is 3.72. The topological polar surface area (TPSA) is 65.0 Å². The second-order valence-corrected chi connectivity index (χ2v) is 8.22. The van der Waals surface area contributed by atoms with E-state index in [2.05, 4.69) is 72.0 Å². The van der Waals surface area contributed by atoms with Crippen molar-refractivity contribution >= 4 is 16.9 Å². The Hall–Kier alpha value is -0.800. The molecule has 1 fully saturated rings. The zero-order valence-corrected chi connectivity index (χ0v) is 17.9. The van der Waals surface area contributed by atoms with E-state index in [1.807, 2.05) is 0 Å². The first-order valence-electron chi connectivity index (χ1n) is 9.49. The minimum atomic E-state index is -3.89. The molecule has 3 unspecified atom stereocenters. The van der Waals surface area contributed by atoms with Crippen molar-refractivity contribution in [3.05, 3.63) is 60.8 Å². The van der Waals surface area contributed by atoms with Crippen molar-refractivity contribution in [2.75, 3.05) is 0 Å². The van der Waals surface area contributed by atoms with Crippen molar-refractivity contribution in [3.63, 3.8) is 0 Å². The largest absolute Gasteiger partial charge is 0.479 e. The Labute approximate surface area is 165 Å². The Kier molecular flexibility index (Phi) is 14.5. The molecule has 0 aromatic carbocycles. The van der Waals surface area contributed by atoms with E-state index in [0.29, 0.717) is 6.42 Å². The third kappa shape index (κ3) is 14.9. The van der Waals surface area contributed by atoms with E-state index in [1.165, 1.54) is 0 Å². The molecule has 0 aliphatic carbocycles. The van der Waals surface area contributed by atoms with Crippen molar-refractivity contribution in [1.82, 2.24) is 0 Å². The lowest BCUT2D eigenvalue weighted by Crippen LogP contribution is -2.15. The fourth-order valence-electron chi connectivity index (χ4n) is 2.20. The van der Waals surface area contributed by atoms with Crippen molar-refractivity contribution < 1.29 is 22.8 Å². The van der Waals surface area contributed by atoms with Crippen LogP contribution in [0.2, 0.25) is 0 Å². The second kappa shape index (κ2) is 16.2. The van der Waals surface area contributed by atoms with E-state index in [4.69, 9.17) is 9.05 Å². The van der Waals surface area contributed by atoms with Crippen LogP contribution in [-0.2, 0) is 17.9 Å². The molecule has 0 bridgehead atoms. The molecule has 1 aliphatic heterocycles. The van der Waals surface area contributed by atoms with Gasteiger partial charge in [-0.1, -0.05) is 67.7 Å². The normalized spacial score (nSPS) is 25.3. The first-order valence-corrected chi connectivity index (χ1v) is 11.8. The number of phosphoric ester groups is 1. The molecule has 0 spiro atoms. The summed E-state index contributed by atoms with van der Waals surface area (Å²) in [5, 5.41) is 0. The zero-order chi connectivity index (χ0) is 19.6. The summed E-state index contributed by atoms with van der Waals surface area (Å²) in [5.74, 6) is 0. The molecule has 0 aromatic heterocycles. The summed E-state index contributed by atoms with van der Waals surface area (Å²) in [4.78, 5) is 9.19. The Morgan fingerprint density at radius 1 is 0.889 bits per heavy atom. The van der Waals surface area contributed by atoms with Crippen LogP contribution in [0.1, 0.15) is 58.3 Å². The summed E-state index contributed by atoms with van der Waals surface area (Å²) < 4.78 is 25.7.